The first-order valence-electron chi connectivity index (χ1n) is 10.7. The molecule has 2 aromatic heterocycles. The van der Waals surface area contributed by atoms with Crippen LogP contribution in [0.5, 0.6) is 0 Å². The van der Waals surface area contributed by atoms with Crippen molar-refractivity contribution in [1.82, 2.24) is 34.8 Å². The number of nitrogens with zero attached hydrogens (tertiary/aromatic N) is 5. The van der Waals surface area contributed by atoms with E-state index in [0.29, 0.717) is 35.5 Å². The third-order valence-electron chi connectivity index (χ3n) is 5.39. The maximum Gasteiger partial charge on any atom is 0.248 e. The van der Waals surface area contributed by atoms with Crippen LogP contribution in [0.4, 0.5) is 23.4 Å². The highest BCUT2D eigenvalue weighted by Gasteiger charge is 2.20. The Labute approximate surface area is 192 Å². The summed E-state index contributed by atoms with van der Waals surface area (Å²) < 4.78 is 27.2. The van der Waals surface area contributed by atoms with Crippen molar-refractivity contribution < 1.29 is 8.42 Å². The molecule has 1 saturated heterocycles. The highest BCUT2D eigenvalue weighted by atomic mass is 32.2. The summed E-state index contributed by atoms with van der Waals surface area (Å²) in [5.74, 6) is 1.75. The summed E-state index contributed by atoms with van der Waals surface area (Å²) in [7, 11) is -1.94. The third-order valence-corrected chi connectivity index (χ3v) is 6.72. The lowest BCUT2D eigenvalue weighted by atomic mass is 10.2. The Balaban J connectivity index is 1.54. The van der Waals surface area contributed by atoms with Crippen LogP contribution < -0.4 is 26.4 Å². The first kappa shape index (κ1) is 22.9. The van der Waals surface area contributed by atoms with E-state index in [9.17, 15) is 8.42 Å². The summed E-state index contributed by atoms with van der Waals surface area (Å²) in [6.45, 7) is 3.90. The van der Waals surface area contributed by atoms with Crippen LogP contribution in [0.15, 0.2) is 30.6 Å². The van der Waals surface area contributed by atoms with Gasteiger partial charge in [-0.3, -0.25) is 0 Å². The predicted octanol–water partition coefficient (Wildman–Crippen LogP) is 0.769. The zero-order chi connectivity index (χ0) is 23.4. The maximum atomic E-state index is 11.7. The Morgan fingerprint density at radius 1 is 1.24 bits per heavy atom. The maximum absolute atomic E-state index is 11.7. The molecule has 1 atom stereocenters. The highest BCUT2D eigenvalue weighted by Crippen LogP contribution is 2.24. The number of benzene rings is 1. The van der Waals surface area contributed by atoms with Crippen LogP contribution >= 0.6 is 0 Å². The SMILES string of the molecule is CCc1c(NC2CCNC2)ncnc1-n1nc(Nc2ccc(CS(=O)(=O)NC)cc2)nc1N. The summed E-state index contributed by atoms with van der Waals surface area (Å²) >= 11 is 0. The molecule has 1 fully saturated rings. The van der Waals surface area contributed by atoms with E-state index < -0.39 is 10.0 Å². The first-order chi connectivity index (χ1) is 15.9. The van der Waals surface area contributed by atoms with Crippen LogP contribution in [0.2, 0.25) is 0 Å². The monoisotopic (exact) mass is 472 g/mol. The zero-order valence-electron chi connectivity index (χ0n) is 18.5. The fraction of sp³-hybridized carbons (Fsp3) is 0.400. The van der Waals surface area contributed by atoms with E-state index in [1.165, 1.54) is 18.1 Å². The molecule has 12 nitrogen and oxygen atoms in total. The van der Waals surface area contributed by atoms with E-state index in [2.05, 4.69) is 40.7 Å². The van der Waals surface area contributed by atoms with Gasteiger partial charge in [-0.05, 0) is 44.1 Å². The molecule has 33 heavy (non-hydrogen) atoms. The average molecular weight is 473 g/mol. The second-order valence-electron chi connectivity index (χ2n) is 7.70. The minimum Gasteiger partial charge on any atom is -0.368 e. The minimum atomic E-state index is -3.33. The normalized spacial score (nSPS) is 16.1. The topological polar surface area (TPSA) is 165 Å². The van der Waals surface area contributed by atoms with E-state index in [0.717, 1.165) is 30.9 Å². The molecule has 13 heteroatoms. The largest absolute Gasteiger partial charge is 0.368 e. The molecular weight excluding hydrogens is 444 g/mol. The van der Waals surface area contributed by atoms with E-state index >= 15 is 0 Å². The average Bonchev–Trinajstić information content (AvgIpc) is 3.44. The van der Waals surface area contributed by atoms with Gasteiger partial charge in [-0.25, -0.2) is 23.1 Å². The fourth-order valence-electron chi connectivity index (χ4n) is 3.64. The van der Waals surface area contributed by atoms with Gasteiger partial charge in [0.05, 0.1) is 5.75 Å². The van der Waals surface area contributed by atoms with Gasteiger partial charge in [0, 0.05) is 23.8 Å². The number of rotatable bonds is 9. The third kappa shape index (κ3) is 5.38. The van der Waals surface area contributed by atoms with Gasteiger partial charge in [0.25, 0.3) is 0 Å². The van der Waals surface area contributed by atoms with Crippen molar-refractivity contribution in [3.05, 3.63) is 41.7 Å². The Hall–Kier alpha value is -3.29. The second kappa shape index (κ2) is 9.68. The van der Waals surface area contributed by atoms with Crippen LogP contribution in [-0.2, 0) is 22.2 Å². The molecule has 0 amide bonds. The molecule has 0 bridgehead atoms. The van der Waals surface area contributed by atoms with Crippen LogP contribution in [0, 0.1) is 0 Å². The number of hydrogen-bond acceptors (Lipinski definition) is 10. The van der Waals surface area contributed by atoms with Crippen molar-refractivity contribution in [2.24, 2.45) is 0 Å². The van der Waals surface area contributed by atoms with E-state index in [1.54, 1.807) is 24.3 Å². The van der Waals surface area contributed by atoms with Crippen LogP contribution in [0.25, 0.3) is 5.82 Å². The van der Waals surface area contributed by atoms with Crippen LogP contribution in [0.3, 0.4) is 0 Å². The number of sulfonamides is 1. The molecular formula is C20H28N10O2S. The first-order valence-corrected chi connectivity index (χ1v) is 12.3. The summed E-state index contributed by atoms with van der Waals surface area (Å²) in [5.41, 5.74) is 8.43. The molecule has 176 valence electrons. The lowest BCUT2D eigenvalue weighted by molar-refractivity contribution is 0.587. The second-order valence-corrected chi connectivity index (χ2v) is 9.63. The van der Waals surface area contributed by atoms with Gasteiger partial charge in [-0.1, -0.05) is 19.1 Å². The molecule has 1 aliphatic heterocycles. The standard InChI is InChI=1S/C20H28N10O2S/c1-3-16-17(26-15-8-9-23-10-15)24-12-25-18(16)30-19(21)28-20(29-30)27-14-6-4-13(5-7-14)11-33(31,32)22-2/h4-7,12,15,22-23H,3,8-11H2,1-2H3,(H,24,25,26)(H3,21,27,28,29). The Bertz CT molecular complexity index is 1200. The summed E-state index contributed by atoms with van der Waals surface area (Å²) in [5, 5.41) is 14.4. The lowest BCUT2D eigenvalue weighted by Crippen LogP contribution is -2.24. The van der Waals surface area contributed by atoms with Gasteiger partial charge in [0.1, 0.15) is 12.1 Å². The van der Waals surface area contributed by atoms with E-state index in [1.807, 2.05) is 6.92 Å². The van der Waals surface area contributed by atoms with E-state index in [-0.39, 0.29) is 11.7 Å². The van der Waals surface area contributed by atoms with Gasteiger partial charge in [-0.15, -0.1) is 5.10 Å². The van der Waals surface area contributed by atoms with Crippen molar-refractivity contribution in [3.63, 3.8) is 0 Å². The van der Waals surface area contributed by atoms with Crippen molar-refractivity contribution >= 4 is 33.4 Å². The molecule has 0 saturated carbocycles. The quantitative estimate of drug-likeness (QED) is 0.300. The Morgan fingerprint density at radius 2 is 2.03 bits per heavy atom. The van der Waals surface area contributed by atoms with Gasteiger partial charge in [0.2, 0.25) is 21.9 Å². The predicted molar refractivity (Wildman–Crippen MR) is 127 cm³/mol. The number of hydrogen-bond donors (Lipinski definition) is 5. The van der Waals surface area contributed by atoms with Crippen molar-refractivity contribution in [2.45, 2.75) is 31.6 Å². The lowest BCUT2D eigenvalue weighted by Gasteiger charge is -2.16. The van der Waals surface area contributed by atoms with Crippen LogP contribution in [-0.4, -0.2) is 59.3 Å². The summed E-state index contributed by atoms with van der Waals surface area (Å²) in [4.78, 5) is 13.1. The molecule has 3 aromatic rings. The van der Waals surface area contributed by atoms with E-state index in [4.69, 9.17) is 5.73 Å². The number of nitrogen functional groups attached to an aromatic ring is 1. The summed E-state index contributed by atoms with van der Waals surface area (Å²) in [6.07, 6.45) is 3.21. The molecule has 1 aliphatic rings. The van der Waals surface area contributed by atoms with Crippen molar-refractivity contribution in [1.29, 1.82) is 0 Å². The molecule has 4 rings (SSSR count). The highest BCUT2D eigenvalue weighted by molar-refractivity contribution is 7.88. The molecule has 1 aromatic carbocycles. The number of nitrogens with one attached hydrogen (secondary N) is 4. The Kier molecular flexibility index (Phi) is 6.72. The molecule has 0 aliphatic carbocycles. The van der Waals surface area contributed by atoms with Gasteiger partial charge < -0.3 is 21.7 Å². The number of anilines is 4. The smallest absolute Gasteiger partial charge is 0.248 e. The van der Waals surface area contributed by atoms with Crippen molar-refractivity contribution in [3.8, 4) is 5.82 Å². The van der Waals surface area contributed by atoms with Gasteiger partial charge in [-0.2, -0.15) is 9.67 Å². The molecule has 1 unspecified atom stereocenters. The fourth-order valence-corrected chi connectivity index (χ4v) is 4.42. The van der Waals surface area contributed by atoms with Gasteiger partial charge >= 0.3 is 0 Å². The molecule has 0 radical (unpaired) electrons. The zero-order valence-corrected chi connectivity index (χ0v) is 19.4. The van der Waals surface area contributed by atoms with Crippen LogP contribution in [0.1, 0.15) is 24.5 Å². The van der Waals surface area contributed by atoms with Gasteiger partial charge in [0.15, 0.2) is 5.82 Å². The van der Waals surface area contributed by atoms with Crippen molar-refractivity contribution in [2.75, 3.05) is 36.5 Å². The molecule has 6 N–H and O–H groups in total. The minimum absolute atomic E-state index is 0.0929. The molecule has 3 heterocycles. The number of aromatic nitrogens is 5. The molecule has 0 spiro atoms. The Morgan fingerprint density at radius 3 is 2.70 bits per heavy atom. The number of nitrogens with two attached hydrogens (primary N) is 1. The summed E-state index contributed by atoms with van der Waals surface area (Å²) in [6, 6.07) is 7.29.